The maximum Gasteiger partial charge on any atom is 0.407 e. The van der Waals surface area contributed by atoms with Gasteiger partial charge in [-0.05, 0) is 148 Å². The number of rotatable bonds is 6. The zero-order valence-corrected chi connectivity index (χ0v) is 28.9. The summed E-state index contributed by atoms with van der Waals surface area (Å²) in [5, 5.41) is 16.4. The van der Waals surface area contributed by atoms with Gasteiger partial charge in [0.2, 0.25) is 0 Å². The van der Waals surface area contributed by atoms with Gasteiger partial charge in [-0.25, -0.2) is 9.59 Å². The minimum absolute atomic E-state index is 0.0420. The van der Waals surface area contributed by atoms with Gasteiger partial charge in [-0.15, -0.1) is 0 Å². The van der Waals surface area contributed by atoms with E-state index in [2.05, 4.69) is 44.4 Å². The van der Waals surface area contributed by atoms with Crippen LogP contribution in [0.25, 0.3) is 5.57 Å². The lowest BCUT2D eigenvalue weighted by atomic mass is 9.37. The summed E-state index contributed by atoms with van der Waals surface area (Å²) in [5.74, 6) is 2.82. The fourth-order valence-corrected chi connectivity index (χ4v) is 12.2. The number of carboxylic acid groups (broad SMARTS) is 1. The largest absolute Gasteiger partial charge is 0.478 e. The second-order valence-electron chi connectivity index (χ2n) is 17.5. The van der Waals surface area contributed by atoms with E-state index in [0.29, 0.717) is 23.4 Å². The number of hydrogen-bond acceptors (Lipinski definition) is 4. The SMILES string of the molecule is CC(C)(C)OC(=O)NCCNC12CCCC1C1CCC3C(C)(CCC4C(C)(C)C(c5ccc(C(=O)O)cc5)=CCC43C)C1CC2. The Bertz CT molecular complexity index is 1330. The van der Waals surface area contributed by atoms with Crippen LogP contribution < -0.4 is 10.6 Å². The number of amides is 1. The van der Waals surface area contributed by atoms with E-state index in [-0.39, 0.29) is 22.5 Å². The topological polar surface area (TPSA) is 87.7 Å². The first-order valence-electron chi connectivity index (χ1n) is 17.9. The summed E-state index contributed by atoms with van der Waals surface area (Å²) in [6, 6.07) is 7.57. The minimum atomic E-state index is -0.864. The quantitative estimate of drug-likeness (QED) is 0.278. The van der Waals surface area contributed by atoms with Crippen LogP contribution in [0.1, 0.15) is 129 Å². The van der Waals surface area contributed by atoms with Crippen molar-refractivity contribution < 1.29 is 19.4 Å². The van der Waals surface area contributed by atoms with Gasteiger partial charge in [0.1, 0.15) is 5.60 Å². The molecule has 0 aromatic heterocycles. The number of fused-ring (bicyclic) bond motifs is 7. The Labute approximate surface area is 271 Å². The van der Waals surface area contributed by atoms with Crippen molar-refractivity contribution in [1.82, 2.24) is 10.6 Å². The molecule has 6 rings (SSSR count). The van der Waals surface area contributed by atoms with Crippen molar-refractivity contribution >= 4 is 17.6 Å². The zero-order chi connectivity index (χ0) is 32.4. The maximum atomic E-state index is 12.2. The number of allylic oxidation sites excluding steroid dienone is 2. The summed E-state index contributed by atoms with van der Waals surface area (Å²) in [5.41, 5.74) is 3.39. The molecule has 5 aliphatic carbocycles. The number of benzene rings is 1. The Morgan fingerprint density at radius 3 is 2.29 bits per heavy atom. The molecule has 0 aliphatic heterocycles. The second-order valence-corrected chi connectivity index (χ2v) is 17.5. The number of carbonyl (C=O) groups excluding carboxylic acids is 1. The van der Waals surface area contributed by atoms with Crippen LogP contribution in [-0.4, -0.2) is 41.4 Å². The summed E-state index contributed by atoms with van der Waals surface area (Å²) in [6.45, 7) is 17.3. The molecule has 0 radical (unpaired) electrons. The molecule has 4 saturated carbocycles. The zero-order valence-electron chi connectivity index (χ0n) is 28.9. The van der Waals surface area contributed by atoms with Gasteiger partial charge < -0.3 is 20.5 Å². The fourth-order valence-electron chi connectivity index (χ4n) is 12.2. The molecule has 6 nitrogen and oxygen atoms in total. The van der Waals surface area contributed by atoms with Gasteiger partial charge in [-0.3, -0.25) is 0 Å². The summed E-state index contributed by atoms with van der Waals surface area (Å²) < 4.78 is 5.44. The molecule has 1 aromatic carbocycles. The van der Waals surface area contributed by atoms with Crippen LogP contribution in [-0.2, 0) is 4.74 Å². The van der Waals surface area contributed by atoms with E-state index in [1.807, 2.05) is 32.9 Å². The number of carboxylic acids is 1. The van der Waals surface area contributed by atoms with Gasteiger partial charge in [0.05, 0.1) is 5.56 Å². The molecule has 6 heteroatoms. The number of hydrogen-bond donors (Lipinski definition) is 3. The van der Waals surface area contributed by atoms with Crippen molar-refractivity contribution in [3.05, 3.63) is 41.5 Å². The van der Waals surface area contributed by atoms with Crippen molar-refractivity contribution in [2.45, 2.75) is 124 Å². The molecule has 8 atom stereocenters. The van der Waals surface area contributed by atoms with E-state index >= 15 is 0 Å². The van der Waals surface area contributed by atoms with E-state index < -0.39 is 11.6 Å². The van der Waals surface area contributed by atoms with Crippen LogP contribution in [0.5, 0.6) is 0 Å². The van der Waals surface area contributed by atoms with Gasteiger partial charge >= 0.3 is 12.1 Å². The van der Waals surface area contributed by atoms with Gasteiger partial charge in [0, 0.05) is 18.6 Å². The van der Waals surface area contributed by atoms with E-state index in [9.17, 15) is 14.7 Å². The molecule has 0 spiro atoms. The third kappa shape index (κ3) is 5.55. The lowest BCUT2D eigenvalue weighted by Gasteiger charge is -2.68. The standard InChI is InChI=1S/C39H58N2O4/c1-35(2,3)45-34(44)40-23-24-41-39-19-8-9-30(39)27-14-15-32-37(6,29(27)17-22-39)21-18-31-36(4,5)28(16-20-38(31,32)7)25-10-12-26(13-11-25)33(42)43/h10-13,16,27,29-32,41H,8-9,14-15,17-24H2,1-7H3,(H,40,44)(H,42,43). The molecule has 0 bridgehead atoms. The molecule has 8 unspecified atom stereocenters. The molecule has 248 valence electrons. The highest BCUT2D eigenvalue weighted by atomic mass is 16.6. The molecular weight excluding hydrogens is 560 g/mol. The van der Waals surface area contributed by atoms with E-state index in [0.717, 1.165) is 36.6 Å². The summed E-state index contributed by atoms with van der Waals surface area (Å²) >= 11 is 0. The first kappa shape index (κ1) is 32.6. The second kappa shape index (κ2) is 11.4. The normalized spacial score (nSPS) is 38.6. The average Bonchev–Trinajstić information content (AvgIpc) is 3.39. The first-order valence-corrected chi connectivity index (χ1v) is 17.9. The fraction of sp³-hybridized carbons (Fsp3) is 0.744. The van der Waals surface area contributed by atoms with Crippen molar-refractivity contribution in [3.8, 4) is 0 Å². The minimum Gasteiger partial charge on any atom is -0.478 e. The molecule has 3 N–H and O–H groups in total. The van der Waals surface area contributed by atoms with Crippen LogP contribution >= 0.6 is 0 Å². The van der Waals surface area contributed by atoms with Crippen LogP contribution in [0.2, 0.25) is 0 Å². The number of nitrogens with one attached hydrogen (secondary N) is 2. The number of alkyl carbamates (subject to hydrolysis) is 1. The van der Waals surface area contributed by atoms with E-state index in [1.54, 1.807) is 12.1 Å². The third-order valence-corrected chi connectivity index (χ3v) is 13.8. The van der Waals surface area contributed by atoms with Crippen molar-refractivity contribution in [2.24, 2.45) is 45.8 Å². The summed E-state index contributed by atoms with van der Waals surface area (Å²) in [7, 11) is 0. The molecule has 45 heavy (non-hydrogen) atoms. The molecule has 4 fully saturated rings. The number of ether oxygens (including phenoxy) is 1. The van der Waals surface area contributed by atoms with Crippen molar-refractivity contribution in [1.29, 1.82) is 0 Å². The lowest BCUT2D eigenvalue weighted by molar-refractivity contribution is -0.172. The molecule has 0 saturated heterocycles. The van der Waals surface area contributed by atoms with Gasteiger partial charge in [-0.1, -0.05) is 52.3 Å². The molecule has 5 aliphatic rings. The van der Waals surface area contributed by atoms with Crippen LogP contribution in [0.3, 0.4) is 0 Å². The van der Waals surface area contributed by atoms with Crippen LogP contribution in [0.15, 0.2) is 30.3 Å². The lowest BCUT2D eigenvalue weighted by Crippen LogP contribution is -2.63. The third-order valence-electron chi connectivity index (χ3n) is 13.8. The Morgan fingerprint density at radius 1 is 0.867 bits per heavy atom. The Morgan fingerprint density at radius 2 is 1.60 bits per heavy atom. The highest BCUT2D eigenvalue weighted by molar-refractivity contribution is 5.88. The smallest absolute Gasteiger partial charge is 0.407 e. The molecule has 0 heterocycles. The van der Waals surface area contributed by atoms with Gasteiger partial charge in [0.25, 0.3) is 0 Å². The van der Waals surface area contributed by atoms with Crippen molar-refractivity contribution in [2.75, 3.05) is 13.1 Å². The Balaban J connectivity index is 1.17. The Kier molecular flexibility index (Phi) is 8.27. The maximum absolute atomic E-state index is 12.2. The van der Waals surface area contributed by atoms with Gasteiger partial charge in [0.15, 0.2) is 0 Å². The number of aromatic carboxylic acids is 1. The highest BCUT2D eigenvalue weighted by Crippen LogP contribution is 2.72. The van der Waals surface area contributed by atoms with E-state index in [4.69, 9.17) is 4.74 Å². The van der Waals surface area contributed by atoms with Crippen LogP contribution in [0.4, 0.5) is 4.79 Å². The predicted molar refractivity (Wildman–Crippen MR) is 180 cm³/mol. The highest BCUT2D eigenvalue weighted by Gasteiger charge is 2.65. The molecule has 1 amide bonds. The Hall–Kier alpha value is -2.34. The van der Waals surface area contributed by atoms with Gasteiger partial charge in [-0.2, -0.15) is 0 Å². The molecular formula is C39H58N2O4. The summed E-state index contributed by atoms with van der Waals surface area (Å²) in [6.07, 6.45) is 15.1. The first-order chi connectivity index (χ1) is 21.1. The van der Waals surface area contributed by atoms with E-state index in [1.165, 1.54) is 68.9 Å². The van der Waals surface area contributed by atoms with Crippen LogP contribution in [0, 0.1) is 45.8 Å². The van der Waals surface area contributed by atoms with Crippen molar-refractivity contribution in [3.63, 3.8) is 0 Å². The number of carbonyl (C=O) groups is 2. The monoisotopic (exact) mass is 618 g/mol. The molecule has 1 aromatic rings. The predicted octanol–water partition coefficient (Wildman–Crippen LogP) is 8.71. The summed E-state index contributed by atoms with van der Waals surface area (Å²) in [4.78, 5) is 23.7. The average molecular weight is 619 g/mol.